The van der Waals surface area contributed by atoms with Crippen LogP contribution in [0, 0.1) is 11.3 Å². The van der Waals surface area contributed by atoms with Gasteiger partial charge in [0.05, 0.1) is 17.2 Å². The van der Waals surface area contributed by atoms with Crippen LogP contribution in [0.2, 0.25) is 0 Å². The molecule has 6 nitrogen and oxygen atoms in total. The van der Waals surface area contributed by atoms with E-state index >= 15 is 0 Å². The van der Waals surface area contributed by atoms with Gasteiger partial charge in [-0.25, -0.2) is 0 Å². The Morgan fingerprint density at radius 1 is 1.26 bits per heavy atom. The van der Waals surface area contributed by atoms with Crippen molar-refractivity contribution in [1.82, 2.24) is 0 Å². The van der Waals surface area contributed by atoms with Crippen LogP contribution in [-0.2, 0) is 24.8 Å². The highest BCUT2D eigenvalue weighted by atomic mass is 35.5. The zero-order chi connectivity index (χ0) is 17.2. The second-order valence-electron chi connectivity index (χ2n) is 4.94. The summed E-state index contributed by atoms with van der Waals surface area (Å²) in [5.74, 6) is -3.06. The number of ether oxygens (including phenoxy) is 3. The van der Waals surface area contributed by atoms with Gasteiger partial charge in [-0.15, -0.1) is 23.2 Å². The van der Waals surface area contributed by atoms with Gasteiger partial charge >= 0.3 is 17.7 Å². The lowest BCUT2D eigenvalue weighted by molar-refractivity contribution is -0.235. The van der Waals surface area contributed by atoms with Gasteiger partial charge in [0.1, 0.15) is 16.5 Å². The first-order valence-electron chi connectivity index (χ1n) is 6.70. The molecular weight excluding hydrogens is 345 g/mol. The fraction of sp³-hybridized carbons (Fsp3) is 0.400. The summed E-state index contributed by atoms with van der Waals surface area (Å²) in [6.45, 7) is 2.60. The number of hydrogen-bond acceptors (Lipinski definition) is 6. The Morgan fingerprint density at radius 3 is 2.30 bits per heavy atom. The molecule has 0 radical (unpaired) electrons. The maximum atomic E-state index is 11.9. The molecule has 8 heteroatoms. The minimum Gasteiger partial charge on any atom is -0.484 e. The van der Waals surface area contributed by atoms with E-state index in [4.69, 9.17) is 42.7 Å². The zero-order valence-electron chi connectivity index (χ0n) is 12.3. The van der Waals surface area contributed by atoms with Crippen molar-refractivity contribution in [3.8, 4) is 11.8 Å². The van der Waals surface area contributed by atoms with Crippen LogP contribution in [0.25, 0.3) is 0 Å². The number of benzene rings is 1. The second-order valence-corrected chi connectivity index (χ2v) is 6.25. The number of carbonyl (C=O) groups excluding carboxylic acids is 2. The minimum atomic E-state index is -1.82. The molecule has 2 rings (SSSR count). The lowest BCUT2D eigenvalue weighted by Gasteiger charge is -2.28. The lowest BCUT2D eigenvalue weighted by atomic mass is 10.0. The molecule has 0 saturated carbocycles. The van der Waals surface area contributed by atoms with Crippen LogP contribution in [0.4, 0.5) is 0 Å². The molecule has 0 bridgehead atoms. The summed E-state index contributed by atoms with van der Waals surface area (Å²) < 4.78 is 16.0. The van der Waals surface area contributed by atoms with Crippen molar-refractivity contribution in [3.63, 3.8) is 0 Å². The predicted octanol–water partition coefficient (Wildman–Crippen LogP) is 2.44. The van der Waals surface area contributed by atoms with Gasteiger partial charge in [-0.05, 0) is 32.0 Å². The van der Waals surface area contributed by atoms with E-state index in [1.54, 1.807) is 0 Å². The molecule has 122 valence electrons. The standard InChI is InChI=1S/C15H13Cl2NO5/c1-8(16)13(19)22-15(23-14(20)9(2)17)7-21-12-4-3-10(6-18)5-11(12)15/h3-5,8-9H,7H2,1-2H3. The number of rotatable bonds is 4. The fourth-order valence-electron chi connectivity index (χ4n) is 1.95. The van der Waals surface area contributed by atoms with Gasteiger partial charge in [-0.3, -0.25) is 9.59 Å². The summed E-state index contributed by atoms with van der Waals surface area (Å²) in [6.07, 6.45) is 0. The van der Waals surface area contributed by atoms with Crippen LogP contribution in [0.1, 0.15) is 25.0 Å². The third-order valence-corrected chi connectivity index (χ3v) is 3.47. The first kappa shape index (κ1) is 17.4. The molecule has 0 N–H and O–H groups in total. The average molecular weight is 358 g/mol. The van der Waals surface area contributed by atoms with E-state index in [-0.39, 0.29) is 12.2 Å². The van der Waals surface area contributed by atoms with Gasteiger partial charge in [0, 0.05) is 0 Å². The van der Waals surface area contributed by atoms with E-state index in [1.807, 2.05) is 6.07 Å². The average Bonchev–Trinajstić information content (AvgIpc) is 2.85. The van der Waals surface area contributed by atoms with Gasteiger partial charge in [0.15, 0.2) is 6.61 Å². The number of nitrogens with zero attached hydrogens (tertiary/aromatic N) is 1. The van der Waals surface area contributed by atoms with E-state index in [9.17, 15) is 9.59 Å². The van der Waals surface area contributed by atoms with Crippen molar-refractivity contribution >= 4 is 35.1 Å². The molecule has 1 heterocycles. The number of carbonyl (C=O) groups is 2. The summed E-state index contributed by atoms with van der Waals surface area (Å²) in [6, 6.07) is 6.46. The summed E-state index contributed by atoms with van der Waals surface area (Å²) in [7, 11) is 0. The topological polar surface area (TPSA) is 85.6 Å². The number of hydrogen-bond donors (Lipinski definition) is 0. The van der Waals surface area contributed by atoms with E-state index in [2.05, 4.69) is 0 Å². The van der Waals surface area contributed by atoms with Crippen LogP contribution < -0.4 is 4.74 Å². The molecule has 1 aromatic rings. The molecule has 0 aliphatic carbocycles. The second kappa shape index (κ2) is 6.65. The molecule has 23 heavy (non-hydrogen) atoms. The van der Waals surface area contributed by atoms with Crippen molar-refractivity contribution in [3.05, 3.63) is 29.3 Å². The number of alkyl halides is 2. The van der Waals surface area contributed by atoms with E-state index in [0.717, 1.165) is 0 Å². The van der Waals surface area contributed by atoms with Crippen LogP contribution in [0.15, 0.2) is 18.2 Å². The van der Waals surface area contributed by atoms with Gasteiger partial charge < -0.3 is 14.2 Å². The third kappa shape index (κ3) is 3.52. The molecule has 1 aliphatic heterocycles. The molecule has 2 unspecified atom stereocenters. The summed E-state index contributed by atoms with van der Waals surface area (Å²) in [4.78, 5) is 23.8. The first-order valence-corrected chi connectivity index (χ1v) is 7.57. The number of fused-ring (bicyclic) bond motifs is 1. The van der Waals surface area contributed by atoms with Gasteiger partial charge in [-0.2, -0.15) is 5.26 Å². The van der Waals surface area contributed by atoms with Crippen molar-refractivity contribution in [2.75, 3.05) is 6.61 Å². The summed E-state index contributed by atoms with van der Waals surface area (Å²) in [5.41, 5.74) is 0.552. The minimum absolute atomic E-state index is 0.248. The van der Waals surface area contributed by atoms with Crippen LogP contribution >= 0.6 is 23.2 Å². The maximum Gasteiger partial charge on any atom is 0.327 e. The van der Waals surface area contributed by atoms with Crippen molar-refractivity contribution in [2.24, 2.45) is 0 Å². The van der Waals surface area contributed by atoms with E-state index in [0.29, 0.717) is 11.3 Å². The summed E-state index contributed by atoms with van der Waals surface area (Å²) >= 11 is 11.4. The van der Waals surface area contributed by atoms with Crippen molar-refractivity contribution < 1.29 is 23.8 Å². The Bertz CT molecular complexity index is 659. The molecule has 1 aromatic carbocycles. The Morgan fingerprint density at radius 2 is 1.83 bits per heavy atom. The number of nitriles is 1. The third-order valence-electron chi connectivity index (χ3n) is 3.12. The quantitative estimate of drug-likeness (QED) is 0.467. The normalized spacial score (nSPS) is 21.3. The highest BCUT2D eigenvalue weighted by Crippen LogP contribution is 2.42. The Labute approximate surface area is 142 Å². The smallest absolute Gasteiger partial charge is 0.327 e. The molecule has 0 aromatic heterocycles. The van der Waals surface area contributed by atoms with Crippen molar-refractivity contribution in [2.45, 2.75) is 30.4 Å². The largest absolute Gasteiger partial charge is 0.484 e. The molecular formula is C15H13Cl2NO5. The molecule has 0 fully saturated rings. The maximum absolute atomic E-state index is 11.9. The SMILES string of the molecule is CC(Cl)C(=O)OC1(OC(=O)C(C)Cl)COc2ccc(C#N)cc21. The van der Waals surface area contributed by atoms with E-state index in [1.165, 1.54) is 32.0 Å². The van der Waals surface area contributed by atoms with Crippen LogP contribution in [0.3, 0.4) is 0 Å². The molecule has 0 amide bonds. The molecule has 0 spiro atoms. The highest BCUT2D eigenvalue weighted by Gasteiger charge is 2.49. The Kier molecular flexibility index (Phi) is 5.03. The van der Waals surface area contributed by atoms with E-state index < -0.39 is 28.5 Å². The lowest BCUT2D eigenvalue weighted by Crippen LogP contribution is -2.42. The Balaban J connectivity index is 2.47. The molecule has 1 aliphatic rings. The number of halogens is 2. The van der Waals surface area contributed by atoms with Gasteiger partial charge in [0.25, 0.3) is 0 Å². The summed E-state index contributed by atoms with van der Waals surface area (Å²) in [5, 5.41) is 7.12. The highest BCUT2D eigenvalue weighted by molar-refractivity contribution is 6.30. The number of esters is 2. The zero-order valence-corrected chi connectivity index (χ0v) is 13.9. The van der Waals surface area contributed by atoms with Crippen LogP contribution in [0.5, 0.6) is 5.75 Å². The first-order chi connectivity index (χ1) is 10.8. The van der Waals surface area contributed by atoms with Crippen molar-refractivity contribution in [1.29, 1.82) is 5.26 Å². The van der Waals surface area contributed by atoms with Gasteiger partial charge in [0.2, 0.25) is 0 Å². The van der Waals surface area contributed by atoms with Crippen LogP contribution in [-0.4, -0.2) is 29.3 Å². The predicted molar refractivity (Wildman–Crippen MR) is 81.1 cm³/mol. The molecule has 0 saturated heterocycles. The fourth-order valence-corrected chi connectivity index (χ4v) is 2.04. The van der Waals surface area contributed by atoms with Gasteiger partial charge in [-0.1, -0.05) is 0 Å². The molecule has 2 atom stereocenters. The Hall–Kier alpha value is -1.97. The monoisotopic (exact) mass is 357 g/mol.